The number of hydrogen-bond acceptors (Lipinski definition) is 8. The fourth-order valence-corrected chi connectivity index (χ4v) is 3.14. The van der Waals surface area contributed by atoms with Crippen molar-refractivity contribution in [2.24, 2.45) is 0 Å². The van der Waals surface area contributed by atoms with Crippen molar-refractivity contribution in [1.82, 2.24) is 41.2 Å². The van der Waals surface area contributed by atoms with Crippen molar-refractivity contribution >= 4 is 22.7 Å². The van der Waals surface area contributed by atoms with E-state index in [4.69, 9.17) is 0 Å². The molecule has 0 spiro atoms. The number of aromatic nitrogens is 8. The quantitative estimate of drug-likeness (QED) is 0.342. The van der Waals surface area contributed by atoms with Crippen molar-refractivity contribution in [3.8, 4) is 22.8 Å². The predicted octanol–water partition coefficient (Wildman–Crippen LogP) is 3.53. The zero-order chi connectivity index (χ0) is 20.2. The first-order valence-electron chi connectivity index (χ1n) is 9.18. The van der Waals surface area contributed by atoms with E-state index in [0.717, 1.165) is 33.9 Å². The topological polar surface area (TPSA) is 133 Å². The molecular formula is C20H16N10. The molecule has 0 radical (unpaired) electrons. The molecule has 0 saturated heterocycles. The minimum atomic E-state index is 0.590. The summed E-state index contributed by atoms with van der Waals surface area (Å²) in [4.78, 5) is 0. The average Bonchev–Trinajstić information content (AvgIpc) is 3.51. The lowest BCUT2D eigenvalue weighted by Gasteiger charge is -2.16. The molecule has 0 atom stereocenters. The lowest BCUT2D eigenvalue weighted by Crippen LogP contribution is -2.00. The van der Waals surface area contributed by atoms with E-state index in [1.165, 1.54) is 0 Å². The van der Waals surface area contributed by atoms with Gasteiger partial charge in [-0.05, 0) is 57.3 Å². The van der Waals surface area contributed by atoms with E-state index in [9.17, 15) is 0 Å². The van der Waals surface area contributed by atoms with Gasteiger partial charge in [0.05, 0.1) is 11.4 Å². The van der Waals surface area contributed by atoms with E-state index >= 15 is 0 Å². The third-order valence-electron chi connectivity index (χ3n) is 4.52. The van der Waals surface area contributed by atoms with E-state index in [-0.39, 0.29) is 0 Å². The molecular weight excluding hydrogens is 380 g/mol. The molecule has 4 N–H and O–H groups in total. The van der Waals surface area contributed by atoms with Crippen LogP contribution in [0.15, 0.2) is 72.8 Å². The zero-order valence-corrected chi connectivity index (χ0v) is 15.6. The van der Waals surface area contributed by atoms with Gasteiger partial charge in [0.15, 0.2) is 11.6 Å². The Bertz CT molecular complexity index is 1150. The SMILES string of the molecule is c1ccc(Nc2ccccc2-c2nnn[nH]2)c(Nc2ccccc2-c2nnn[nH]2)c1. The summed E-state index contributed by atoms with van der Waals surface area (Å²) >= 11 is 0. The molecule has 2 aromatic heterocycles. The molecule has 0 aliphatic heterocycles. The van der Waals surface area contributed by atoms with Gasteiger partial charge in [0.1, 0.15) is 0 Å². The first-order chi connectivity index (χ1) is 14.9. The van der Waals surface area contributed by atoms with E-state index in [0.29, 0.717) is 11.6 Å². The summed E-state index contributed by atoms with van der Waals surface area (Å²) in [6.45, 7) is 0. The molecule has 10 heteroatoms. The Morgan fingerprint density at radius 3 is 1.30 bits per heavy atom. The lowest BCUT2D eigenvalue weighted by molar-refractivity contribution is 0.881. The fourth-order valence-electron chi connectivity index (χ4n) is 3.14. The molecule has 30 heavy (non-hydrogen) atoms. The van der Waals surface area contributed by atoms with E-state index in [1.54, 1.807) is 0 Å². The molecule has 0 fully saturated rings. The van der Waals surface area contributed by atoms with Crippen LogP contribution in [0.1, 0.15) is 0 Å². The number of aromatic amines is 2. The highest BCUT2D eigenvalue weighted by molar-refractivity contribution is 5.86. The third kappa shape index (κ3) is 3.44. The second-order valence-electron chi connectivity index (χ2n) is 6.39. The molecule has 0 unspecified atom stereocenters. The molecule has 0 saturated carbocycles. The van der Waals surface area contributed by atoms with Gasteiger partial charge < -0.3 is 10.6 Å². The predicted molar refractivity (Wildman–Crippen MR) is 112 cm³/mol. The molecule has 10 nitrogen and oxygen atoms in total. The first-order valence-corrected chi connectivity index (χ1v) is 9.18. The largest absolute Gasteiger partial charge is 0.353 e. The highest BCUT2D eigenvalue weighted by atomic mass is 15.5. The Balaban J connectivity index is 1.49. The van der Waals surface area contributed by atoms with Crippen LogP contribution in [0.4, 0.5) is 22.7 Å². The molecule has 146 valence electrons. The number of nitrogens with zero attached hydrogens (tertiary/aromatic N) is 6. The maximum atomic E-state index is 4.02. The number of H-pyrrole nitrogens is 2. The summed E-state index contributed by atoms with van der Waals surface area (Å²) in [5, 5.41) is 35.3. The zero-order valence-electron chi connectivity index (χ0n) is 15.6. The van der Waals surface area contributed by atoms with Gasteiger partial charge in [0.2, 0.25) is 0 Å². The number of benzene rings is 3. The Labute approximate surface area is 170 Å². The number of anilines is 4. The van der Waals surface area contributed by atoms with Crippen LogP contribution in [0.2, 0.25) is 0 Å². The Hall–Kier alpha value is -4.60. The minimum Gasteiger partial charge on any atom is -0.353 e. The molecule has 0 aliphatic carbocycles. The Morgan fingerprint density at radius 1 is 0.500 bits per heavy atom. The average molecular weight is 396 g/mol. The Morgan fingerprint density at radius 2 is 0.900 bits per heavy atom. The normalized spacial score (nSPS) is 10.7. The van der Waals surface area contributed by atoms with Crippen molar-refractivity contribution in [3.63, 3.8) is 0 Å². The molecule has 3 aromatic carbocycles. The highest BCUT2D eigenvalue weighted by Gasteiger charge is 2.12. The molecule has 0 aliphatic rings. The van der Waals surface area contributed by atoms with Crippen LogP contribution >= 0.6 is 0 Å². The second-order valence-corrected chi connectivity index (χ2v) is 6.39. The van der Waals surface area contributed by atoms with Crippen LogP contribution in [0.25, 0.3) is 22.8 Å². The summed E-state index contributed by atoms with van der Waals surface area (Å²) in [5.74, 6) is 1.18. The van der Waals surface area contributed by atoms with Gasteiger partial charge in [0.25, 0.3) is 0 Å². The van der Waals surface area contributed by atoms with Gasteiger partial charge in [-0.2, -0.15) is 0 Å². The molecule has 5 aromatic rings. The number of para-hydroxylation sites is 4. The third-order valence-corrected chi connectivity index (χ3v) is 4.52. The van der Waals surface area contributed by atoms with Crippen molar-refractivity contribution in [1.29, 1.82) is 0 Å². The van der Waals surface area contributed by atoms with Crippen LogP contribution in [0.3, 0.4) is 0 Å². The van der Waals surface area contributed by atoms with Crippen LogP contribution < -0.4 is 10.6 Å². The number of tetrazole rings is 2. The minimum absolute atomic E-state index is 0.590. The summed E-state index contributed by atoms with van der Waals surface area (Å²) < 4.78 is 0. The van der Waals surface area contributed by atoms with Crippen molar-refractivity contribution in [2.75, 3.05) is 10.6 Å². The van der Waals surface area contributed by atoms with E-state index in [1.807, 2.05) is 72.8 Å². The summed E-state index contributed by atoms with van der Waals surface area (Å²) in [6, 6.07) is 23.6. The first kappa shape index (κ1) is 17.5. The molecule has 0 amide bonds. The number of hydrogen-bond donors (Lipinski definition) is 4. The summed E-state index contributed by atoms with van der Waals surface area (Å²) in [6.07, 6.45) is 0. The van der Waals surface area contributed by atoms with Crippen molar-refractivity contribution < 1.29 is 0 Å². The van der Waals surface area contributed by atoms with Gasteiger partial charge >= 0.3 is 0 Å². The smallest absolute Gasteiger partial charge is 0.181 e. The van der Waals surface area contributed by atoms with Gasteiger partial charge in [0, 0.05) is 22.5 Å². The maximum absolute atomic E-state index is 4.02. The van der Waals surface area contributed by atoms with Crippen molar-refractivity contribution in [2.45, 2.75) is 0 Å². The van der Waals surface area contributed by atoms with Crippen LogP contribution in [0, 0.1) is 0 Å². The number of nitrogens with one attached hydrogen (secondary N) is 4. The van der Waals surface area contributed by atoms with Crippen LogP contribution in [-0.4, -0.2) is 41.2 Å². The van der Waals surface area contributed by atoms with Crippen molar-refractivity contribution in [3.05, 3.63) is 72.8 Å². The fraction of sp³-hybridized carbons (Fsp3) is 0. The Kier molecular flexibility index (Phi) is 4.55. The maximum Gasteiger partial charge on any atom is 0.181 e. The number of rotatable bonds is 6. The molecule has 0 bridgehead atoms. The standard InChI is InChI=1S/C20H16N10/c1-3-9-15(13(7-1)19-23-27-28-24-19)21-17-11-5-6-12-18(17)22-16-10-4-2-8-14(16)20-25-29-30-26-20/h1-12,21-22H,(H,23,24,27,28)(H,25,26,29,30). The second kappa shape index (κ2) is 7.80. The van der Waals surface area contributed by atoms with Gasteiger partial charge in [-0.3, -0.25) is 0 Å². The molecule has 2 heterocycles. The van der Waals surface area contributed by atoms with Crippen LogP contribution in [-0.2, 0) is 0 Å². The van der Waals surface area contributed by atoms with E-state index < -0.39 is 0 Å². The molecule has 5 rings (SSSR count). The summed E-state index contributed by atoms with van der Waals surface area (Å²) in [7, 11) is 0. The highest BCUT2D eigenvalue weighted by Crippen LogP contribution is 2.34. The van der Waals surface area contributed by atoms with Gasteiger partial charge in [-0.15, -0.1) is 10.2 Å². The van der Waals surface area contributed by atoms with Crippen LogP contribution in [0.5, 0.6) is 0 Å². The monoisotopic (exact) mass is 396 g/mol. The summed E-state index contributed by atoms with van der Waals surface area (Å²) in [5.41, 5.74) is 5.26. The van der Waals surface area contributed by atoms with E-state index in [2.05, 4.69) is 51.9 Å². The lowest BCUT2D eigenvalue weighted by atomic mass is 10.1. The van der Waals surface area contributed by atoms with Gasteiger partial charge in [-0.25, -0.2) is 10.2 Å². The van der Waals surface area contributed by atoms with Gasteiger partial charge in [-0.1, -0.05) is 36.4 Å².